The molecule has 2 fully saturated rings. The van der Waals surface area contributed by atoms with E-state index in [9.17, 15) is 14.4 Å². The van der Waals surface area contributed by atoms with Crippen molar-refractivity contribution in [2.24, 2.45) is 11.1 Å². The molecule has 23 heavy (non-hydrogen) atoms. The molecule has 2 N–H and O–H groups in total. The van der Waals surface area contributed by atoms with Crippen LogP contribution in [0, 0.1) is 5.41 Å². The van der Waals surface area contributed by atoms with E-state index in [0.717, 1.165) is 0 Å². The second-order valence-electron chi connectivity index (χ2n) is 5.91. The molecule has 2 aliphatic heterocycles. The summed E-state index contributed by atoms with van der Waals surface area (Å²) in [6.45, 7) is 1.78. The average molecular weight is 319 g/mol. The summed E-state index contributed by atoms with van der Waals surface area (Å²) in [7, 11) is 0. The molecule has 1 spiro atoms. The van der Waals surface area contributed by atoms with Crippen molar-refractivity contribution in [2.75, 3.05) is 6.61 Å². The van der Waals surface area contributed by atoms with Crippen LogP contribution in [0.5, 0.6) is 5.75 Å². The molecule has 1 amide bonds. The maximum Gasteiger partial charge on any atom is 0.324 e. The lowest BCUT2D eigenvalue weighted by atomic mass is 9.82. The van der Waals surface area contributed by atoms with Gasteiger partial charge in [0.05, 0.1) is 5.56 Å². The number of rotatable bonds is 4. The summed E-state index contributed by atoms with van der Waals surface area (Å²) < 4.78 is 15.9. The molecule has 0 bridgehead atoms. The lowest BCUT2D eigenvalue weighted by Gasteiger charge is -2.13. The Kier molecular flexibility index (Phi) is 3.71. The highest BCUT2D eigenvalue weighted by Crippen LogP contribution is 2.44. The Labute approximate surface area is 132 Å². The Bertz CT molecular complexity index is 672. The lowest BCUT2D eigenvalue weighted by molar-refractivity contribution is -0.158. The minimum atomic E-state index is -1.21. The van der Waals surface area contributed by atoms with Gasteiger partial charge < -0.3 is 19.9 Å². The van der Waals surface area contributed by atoms with Gasteiger partial charge in [0, 0.05) is 12.8 Å². The number of amides is 1. The van der Waals surface area contributed by atoms with Crippen molar-refractivity contribution < 1.29 is 28.6 Å². The standard InChI is InChI=1S/C16H17NO6/c1-9-6-16(14(19)22-9)7-10(23-15(16)20)8-21-12-5-3-2-4-11(12)13(17)18/h2-5,9-10H,6-8H2,1H3,(H2,17,18)/t9-,10-,16+/m1/s1. The number of para-hydroxylation sites is 1. The molecule has 3 rings (SSSR count). The zero-order valence-corrected chi connectivity index (χ0v) is 12.6. The van der Waals surface area contributed by atoms with Crippen LogP contribution < -0.4 is 10.5 Å². The SMILES string of the molecule is C[C@@H]1C[C@]2(C[C@H](COc3ccccc3C(N)=O)OC2=O)C(=O)O1. The van der Waals surface area contributed by atoms with Crippen molar-refractivity contribution in [1.82, 2.24) is 0 Å². The molecule has 0 aromatic heterocycles. The van der Waals surface area contributed by atoms with Gasteiger partial charge in [0.2, 0.25) is 0 Å². The minimum absolute atomic E-state index is 0.0411. The van der Waals surface area contributed by atoms with E-state index in [2.05, 4.69) is 0 Å². The molecule has 0 saturated carbocycles. The molecule has 7 nitrogen and oxygen atoms in total. The topological polar surface area (TPSA) is 105 Å². The fourth-order valence-electron chi connectivity index (χ4n) is 3.09. The van der Waals surface area contributed by atoms with Gasteiger partial charge >= 0.3 is 11.9 Å². The largest absolute Gasteiger partial charge is 0.489 e. The molecule has 0 unspecified atom stereocenters. The zero-order chi connectivity index (χ0) is 16.6. The third kappa shape index (κ3) is 2.62. The van der Waals surface area contributed by atoms with Gasteiger partial charge in [-0.3, -0.25) is 14.4 Å². The van der Waals surface area contributed by atoms with Gasteiger partial charge in [-0.1, -0.05) is 12.1 Å². The maximum atomic E-state index is 12.1. The van der Waals surface area contributed by atoms with E-state index in [0.29, 0.717) is 12.2 Å². The number of esters is 2. The highest BCUT2D eigenvalue weighted by Gasteiger charge is 2.60. The highest BCUT2D eigenvalue weighted by molar-refractivity contribution is 6.02. The average Bonchev–Trinajstić information content (AvgIpc) is 2.97. The van der Waals surface area contributed by atoms with Crippen LogP contribution >= 0.6 is 0 Å². The zero-order valence-electron chi connectivity index (χ0n) is 12.6. The van der Waals surface area contributed by atoms with Gasteiger partial charge in [0.25, 0.3) is 5.91 Å². The van der Waals surface area contributed by atoms with Crippen LogP contribution in [0.2, 0.25) is 0 Å². The van der Waals surface area contributed by atoms with E-state index in [4.69, 9.17) is 19.9 Å². The summed E-state index contributed by atoms with van der Waals surface area (Å²) >= 11 is 0. The Hall–Kier alpha value is -2.57. The van der Waals surface area contributed by atoms with Gasteiger partial charge in [0.1, 0.15) is 24.6 Å². The predicted molar refractivity (Wildman–Crippen MR) is 77.6 cm³/mol. The molecule has 1 aromatic rings. The first-order chi connectivity index (χ1) is 10.9. The summed E-state index contributed by atoms with van der Waals surface area (Å²) in [5, 5.41) is 0. The summed E-state index contributed by atoms with van der Waals surface area (Å²) in [6.07, 6.45) is -0.334. The van der Waals surface area contributed by atoms with E-state index in [1.54, 1.807) is 31.2 Å². The molecule has 0 aliphatic carbocycles. The number of benzene rings is 1. The van der Waals surface area contributed by atoms with E-state index in [-0.39, 0.29) is 24.7 Å². The van der Waals surface area contributed by atoms with Crippen LogP contribution in [-0.2, 0) is 19.1 Å². The molecular formula is C16H17NO6. The molecular weight excluding hydrogens is 302 g/mol. The molecule has 3 atom stereocenters. The monoisotopic (exact) mass is 319 g/mol. The maximum absolute atomic E-state index is 12.1. The minimum Gasteiger partial charge on any atom is -0.489 e. The van der Waals surface area contributed by atoms with E-state index in [1.165, 1.54) is 0 Å². The molecule has 7 heteroatoms. The van der Waals surface area contributed by atoms with E-state index >= 15 is 0 Å². The number of carbonyl (C=O) groups is 3. The Balaban J connectivity index is 1.68. The van der Waals surface area contributed by atoms with E-state index < -0.39 is 29.4 Å². The summed E-state index contributed by atoms with van der Waals surface area (Å²) in [4.78, 5) is 35.4. The molecule has 2 saturated heterocycles. The smallest absolute Gasteiger partial charge is 0.324 e. The number of cyclic esters (lactones) is 2. The quantitative estimate of drug-likeness (QED) is 0.650. The third-order valence-electron chi connectivity index (χ3n) is 4.15. The summed E-state index contributed by atoms with van der Waals surface area (Å²) in [5.74, 6) is -1.38. The second kappa shape index (κ2) is 5.57. The van der Waals surface area contributed by atoms with Crippen LogP contribution in [0.3, 0.4) is 0 Å². The lowest BCUT2D eigenvalue weighted by Crippen LogP contribution is -2.31. The highest BCUT2D eigenvalue weighted by atomic mass is 16.6. The van der Waals surface area contributed by atoms with Crippen molar-refractivity contribution in [2.45, 2.75) is 32.0 Å². The molecule has 2 aliphatic rings. The first-order valence-electron chi connectivity index (χ1n) is 7.36. The van der Waals surface area contributed by atoms with Crippen LogP contribution in [0.4, 0.5) is 0 Å². The van der Waals surface area contributed by atoms with Crippen LogP contribution in [0.15, 0.2) is 24.3 Å². The number of nitrogens with two attached hydrogens (primary N) is 1. The van der Waals surface area contributed by atoms with Crippen molar-refractivity contribution in [3.8, 4) is 5.75 Å². The van der Waals surface area contributed by atoms with Gasteiger partial charge in [-0.25, -0.2) is 0 Å². The number of carbonyl (C=O) groups excluding carboxylic acids is 3. The number of hydrogen-bond acceptors (Lipinski definition) is 6. The Morgan fingerprint density at radius 1 is 1.26 bits per heavy atom. The van der Waals surface area contributed by atoms with Gasteiger partial charge in [-0.15, -0.1) is 0 Å². The summed E-state index contributed by atoms with van der Waals surface area (Å²) in [6, 6.07) is 6.54. The fraction of sp³-hybridized carbons (Fsp3) is 0.438. The van der Waals surface area contributed by atoms with Gasteiger partial charge in [0.15, 0.2) is 5.41 Å². The third-order valence-corrected chi connectivity index (χ3v) is 4.15. The molecule has 2 heterocycles. The van der Waals surface area contributed by atoms with Gasteiger partial charge in [-0.05, 0) is 19.1 Å². The van der Waals surface area contributed by atoms with Crippen LogP contribution in [0.25, 0.3) is 0 Å². The van der Waals surface area contributed by atoms with Gasteiger partial charge in [-0.2, -0.15) is 0 Å². The van der Waals surface area contributed by atoms with E-state index in [1.807, 2.05) is 0 Å². The molecule has 1 aromatic carbocycles. The Morgan fingerprint density at radius 2 is 1.96 bits per heavy atom. The fourth-order valence-corrected chi connectivity index (χ4v) is 3.09. The van der Waals surface area contributed by atoms with Crippen molar-refractivity contribution in [3.05, 3.63) is 29.8 Å². The molecule has 122 valence electrons. The van der Waals surface area contributed by atoms with Crippen LogP contribution in [-0.4, -0.2) is 36.7 Å². The van der Waals surface area contributed by atoms with Crippen LogP contribution in [0.1, 0.15) is 30.1 Å². The van der Waals surface area contributed by atoms with Crippen molar-refractivity contribution in [3.63, 3.8) is 0 Å². The predicted octanol–water partition coefficient (Wildman–Crippen LogP) is 0.802. The molecule has 0 radical (unpaired) electrons. The number of ether oxygens (including phenoxy) is 3. The first kappa shape index (κ1) is 15.3. The van der Waals surface area contributed by atoms with Crippen molar-refractivity contribution in [1.29, 1.82) is 0 Å². The Morgan fingerprint density at radius 3 is 2.61 bits per heavy atom. The normalized spacial score (nSPS) is 29.4. The summed E-state index contributed by atoms with van der Waals surface area (Å²) in [5.41, 5.74) is 4.32. The second-order valence-corrected chi connectivity index (χ2v) is 5.91. The first-order valence-corrected chi connectivity index (χ1v) is 7.36. The number of hydrogen-bond donors (Lipinski definition) is 1. The van der Waals surface area contributed by atoms with Crippen molar-refractivity contribution >= 4 is 17.8 Å². The number of primary amides is 1.